The highest BCUT2D eigenvalue weighted by Gasteiger charge is 2.33. The number of pyridine rings is 1. The van der Waals surface area contributed by atoms with E-state index in [1.54, 1.807) is 6.92 Å². The number of hydrogen-bond donors (Lipinski definition) is 1. The lowest BCUT2D eigenvalue weighted by Crippen LogP contribution is -2.13. The van der Waals surface area contributed by atoms with Crippen LogP contribution in [0.1, 0.15) is 18.3 Å². The van der Waals surface area contributed by atoms with E-state index in [9.17, 15) is 23.1 Å². The van der Waals surface area contributed by atoms with Gasteiger partial charge in [0.15, 0.2) is 0 Å². The molecule has 0 atom stereocenters. The predicted octanol–water partition coefficient (Wildman–Crippen LogP) is 1.91. The normalized spacial score (nSPS) is 11.3. The van der Waals surface area contributed by atoms with Crippen molar-refractivity contribution in [3.05, 3.63) is 23.5 Å². The second-order valence-corrected chi connectivity index (χ2v) is 3.14. The minimum absolute atomic E-state index is 0.110. The van der Waals surface area contributed by atoms with Gasteiger partial charge in [-0.25, -0.2) is 4.98 Å². The fraction of sp³-hybridized carbons (Fsp3) is 0.400. The Morgan fingerprint density at radius 3 is 2.65 bits per heavy atom. The number of esters is 1. The molecule has 4 nitrogen and oxygen atoms in total. The lowest BCUT2D eigenvalue weighted by Gasteiger charge is -2.09. The number of hydrogen-bond acceptors (Lipinski definition) is 4. The molecule has 1 heterocycles. The zero-order valence-electron chi connectivity index (χ0n) is 8.91. The number of ether oxygens (including phenoxy) is 1. The van der Waals surface area contributed by atoms with Crippen molar-refractivity contribution in [2.24, 2.45) is 0 Å². The van der Waals surface area contributed by atoms with Crippen LogP contribution in [-0.2, 0) is 22.1 Å². The molecule has 0 radical (unpaired) electrons. The van der Waals surface area contributed by atoms with Gasteiger partial charge in [-0.15, -0.1) is 0 Å². The van der Waals surface area contributed by atoms with Crippen LogP contribution in [-0.4, -0.2) is 22.7 Å². The van der Waals surface area contributed by atoms with Crippen LogP contribution in [0.15, 0.2) is 12.1 Å². The molecular weight excluding hydrogens is 239 g/mol. The fourth-order valence-corrected chi connectivity index (χ4v) is 1.13. The summed E-state index contributed by atoms with van der Waals surface area (Å²) >= 11 is 0. The highest BCUT2D eigenvalue weighted by Crippen LogP contribution is 2.29. The Morgan fingerprint density at radius 2 is 2.12 bits per heavy atom. The van der Waals surface area contributed by atoms with Crippen LogP contribution in [0.25, 0.3) is 0 Å². The largest absolute Gasteiger partial charge is 0.506 e. The van der Waals surface area contributed by atoms with Crippen molar-refractivity contribution in [1.82, 2.24) is 4.98 Å². The van der Waals surface area contributed by atoms with Crippen LogP contribution in [0.3, 0.4) is 0 Å². The highest BCUT2D eigenvalue weighted by molar-refractivity contribution is 5.72. The van der Waals surface area contributed by atoms with Crippen LogP contribution in [0.4, 0.5) is 13.2 Å². The van der Waals surface area contributed by atoms with Gasteiger partial charge in [0.25, 0.3) is 0 Å². The first-order chi connectivity index (χ1) is 7.84. The number of alkyl halides is 3. The van der Waals surface area contributed by atoms with E-state index in [0.717, 1.165) is 6.07 Å². The Balaban J connectivity index is 2.95. The maximum absolute atomic E-state index is 12.3. The van der Waals surface area contributed by atoms with Gasteiger partial charge in [-0.3, -0.25) is 4.79 Å². The molecule has 0 aliphatic rings. The molecule has 0 aliphatic heterocycles. The van der Waals surface area contributed by atoms with Crippen LogP contribution in [0.2, 0.25) is 0 Å². The van der Waals surface area contributed by atoms with Crippen molar-refractivity contribution in [1.29, 1.82) is 0 Å². The molecule has 1 aromatic heterocycles. The third-order valence-electron chi connectivity index (χ3n) is 1.86. The summed E-state index contributed by atoms with van der Waals surface area (Å²) in [5.41, 5.74) is -1.51. The number of carbonyl (C=O) groups is 1. The molecule has 0 spiro atoms. The quantitative estimate of drug-likeness (QED) is 0.831. The molecule has 94 valence electrons. The molecule has 0 fully saturated rings. The van der Waals surface area contributed by atoms with Gasteiger partial charge in [-0.1, -0.05) is 0 Å². The number of aromatic hydroxyl groups is 1. The monoisotopic (exact) mass is 249 g/mol. The second kappa shape index (κ2) is 5.03. The van der Waals surface area contributed by atoms with Crippen LogP contribution in [0.5, 0.6) is 5.75 Å². The van der Waals surface area contributed by atoms with E-state index in [1.165, 1.54) is 0 Å². The van der Waals surface area contributed by atoms with Gasteiger partial charge < -0.3 is 9.84 Å². The molecule has 1 aromatic rings. The first-order valence-electron chi connectivity index (χ1n) is 4.76. The number of carbonyl (C=O) groups excluding carboxylic acids is 1. The Bertz CT molecular complexity index is 418. The van der Waals surface area contributed by atoms with E-state index in [1.807, 2.05) is 0 Å². The topological polar surface area (TPSA) is 59.4 Å². The molecule has 0 amide bonds. The minimum atomic E-state index is -4.61. The Labute approximate surface area is 95.0 Å². The summed E-state index contributed by atoms with van der Waals surface area (Å²) in [7, 11) is 0. The molecular formula is C10H10F3NO3. The van der Waals surface area contributed by atoms with Crippen molar-refractivity contribution in [2.45, 2.75) is 19.5 Å². The lowest BCUT2D eigenvalue weighted by molar-refractivity contribution is -0.144. The van der Waals surface area contributed by atoms with Gasteiger partial charge in [0.05, 0.1) is 18.7 Å². The molecule has 17 heavy (non-hydrogen) atoms. The van der Waals surface area contributed by atoms with Crippen LogP contribution < -0.4 is 0 Å². The summed E-state index contributed by atoms with van der Waals surface area (Å²) in [5.74, 6) is -1.21. The summed E-state index contributed by atoms with van der Waals surface area (Å²) in [6.07, 6.45) is -5.11. The van der Waals surface area contributed by atoms with Gasteiger partial charge >= 0.3 is 12.1 Å². The van der Waals surface area contributed by atoms with Gasteiger partial charge in [0.1, 0.15) is 11.4 Å². The second-order valence-electron chi connectivity index (χ2n) is 3.14. The van der Waals surface area contributed by atoms with Gasteiger partial charge in [-0.2, -0.15) is 13.2 Å². The van der Waals surface area contributed by atoms with E-state index in [0.29, 0.717) is 6.07 Å². The van der Waals surface area contributed by atoms with Crippen molar-refractivity contribution < 1.29 is 27.8 Å². The van der Waals surface area contributed by atoms with Gasteiger partial charge in [-0.05, 0) is 19.1 Å². The molecule has 0 aromatic carbocycles. The van der Waals surface area contributed by atoms with Crippen LogP contribution in [0, 0.1) is 0 Å². The number of halogens is 3. The van der Waals surface area contributed by atoms with Crippen molar-refractivity contribution in [2.75, 3.05) is 6.61 Å². The predicted molar refractivity (Wildman–Crippen MR) is 51.2 cm³/mol. The van der Waals surface area contributed by atoms with E-state index in [-0.39, 0.29) is 12.3 Å². The molecule has 1 N–H and O–H groups in total. The zero-order chi connectivity index (χ0) is 13.1. The standard InChI is InChI=1S/C10H10F3NO3/c1-2-17-9(16)5-6-7(15)3-4-8(14-6)10(11,12)13/h3-4,15H,2,5H2,1H3. The number of rotatable bonds is 3. The van der Waals surface area contributed by atoms with E-state index in [4.69, 9.17) is 0 Å². The minimum Gasteiger partial charge on any atom is -0.506 e. The molecule has 0 saturated carbocycles. The molecule has 7 heteroatoms. The lowest BCUT2D eigenvalue weighted by atomic mass is 10.2. The molecule has 0 aliphatic carbocycles. The smallest absolute Gasteiger partial charge is 0.433 e. The maximum atomic E-state index is 12.3. The van der Waals surface area contributed by atoms with Gasteiger partial charge in [0.2, 0.25) is 0 Å². The Hall–Kier alpha value is -1.79. The fourth-order valence-electron chi connectivity index (χ4n) is 1.13. The average Bonchev–Trinajstić information content (AvgIpc) is 2.20. The Kier molecular flexibility index (Phi) is 3.93. The molecule has 0 saturated heterocycles. The Morgan fingerprint density at radius 1 is 1.47 bits per heavy atom. The SMILES string of the molecule is CCOC(=O)Cc1nc(C(F)(F)F)ccc1O. The third-order valence-corrected chi connectivity index (χ3v) is 1.86. The highest BCUT2D eigenvalue weighted by atomic mass is 19.4. The van der Waals surface area contributed by atoms with E-state index in [2.05, 4.69) is 9.72 Å². The molecule has 1 rings (SSSR count). The van der Waals surface area contributed by atoms with Crippen molar-refractivity contribution >= 4 is 5.97 Å². The summed E-state index contributed by atoms with van der Waals surface area (Å²) in [6.45, 7) is 1.68. The van der Waals surface area contributed by atoms with E-state index >= 15 is 0 Å². The first-order valence-corrected chi connectivity index (χ1v) is 4.76. The summed E-state index contributed by atoms with van der Waals surface area (Å²) in [5, 5.41) is 9.28. The van der Waals surface area contributed by atoms with Crippen LogP contribution >= 0.6 is 0 Å². The van der Waals surface area contributed by atoms with E-state index < -0.39 is 30.0 Å². The average molecular weight is 249 g/mol. The zero-order valence-corrected chi connectivity index (χ0v) is 8.91. The van der Waals surface area contributed by atoms with Crippen molar-refractivity contribution in [3.63, 3.8) is 0 Å². The number of aromatic nitrogens is 1. The molecule has 0 bridgehead atoms. The maximum Gasteiger partial charge on any atom is 0.433 e. The summed E-state index contributed by atoms with van der Waals surface area (Å²) < 4.78 is 41.5. The molecule has 0 unspecified atom stereocenters. The number of nitrogens with zero attached hydrogens (tertiary/aromatic N) is 1. The summed E-state index contributed by atoms with van der Waals surface area (Å²) in [4.78, 5) is 14.3. The first kappa shape index (κ1) is 13.3. The summed E-state index contributed by atoms with van der Waals surface area (Å²) in [6, 6.07) is 1.49. The van der Waals surface area contributed by atoms with Crippen molar-refractivity contribution in [3.8, 4) is 5.75 Å². The van der Waals surface area contributed by atoms with Gasteiger partial charge in [0, 0.05) is 0 Å². The third kappa shape index (κ3) is 3.61.